The Hall–Kier alpha value is -1.000. The van der Waals surface area contributed by atoms with E-state index in [1.54, 1.807) is 0 Å². The Morgan fingerprint density at radius 3 is 2.35 bits per heavy atom. The highest BCUT2D eigenvalue weighted by Crippen LogP contribution is 2.25. The summed E-state index contributed by atoms with van der Waals surface area (Å²) in [6.45, 7) is 5.62. The highest BCUT2D eigenvalue weighted by atomic mass is 79.9. The van der Waals surface area contributed by atoms with Gasteiger partial charge in [0.25, 0.3) is 0 Å². The SMILES string of the molecule is Cc1cc(Br)cc(C)c1NCCOc1cccc(Br)c1. The van der Waals surface area contributed by atoms with Crippen molar-refractivity contribution in [2.45, 2.75) is 13.8 Å². The van der Waals surface area contributed by atoms with Crippen molar-refractivity contribution in [3.63, 3.8) is 0 Å². The lowest BCUT2D eigenvalue weighted by atomic mass is 10.1. The van der Waals surface area contributed by atoms with E-state index in [1.807, 2.05) is 24.3 Å². The van der Waals surface area contributed by atoms with Crippen LogP contribution in [0.15, 0.2) is 45.3 Å². The van der Waals surface area contributed by atoms with Gasteiger partial charge in [-0.1, -0.05) is 37.9 Å². The first kappa shape index (κ1) is 15.4. The summed E-state index contributed by atoms with van der Waals surface area (Å²) in [5, 5.41) is 3.44. The fraction of sp³-hybridized carbons (Fsp3) is 0.250. The molecule has 0 aliphatic heterocycles. The molecular formula is C16H17Br2NO. The van der Waals surface area contributed by atoms with E-state index in [-0.39, 0.29) is 0 Å². The zero-order chi connectivity index (χ0) is 14.5. The molecule has 2 aromatic carbocycles. The monoisotopic (exact) mass is 397 g/mol. The number of nitrogens with one attached hydrogen (secondary N) is 1. The van der Waals surface area contributed by atoms with Crippen LogP contribution in [0, 0.1) is 13.8 Å². The number of hydrogen-bond acceptors (Lipinski definition) is 2. The Bertz CT molecular complexity index is 576. The molecule has 0 amide bonds. The lowest BCUT2D eigenvalue weighted by Gasteiger charge is -2.14. The number of rotatable bonds is 5. The van der Waals surface area contributed by atoms with E-state index in [1.165, 1.54) is 16.8 Å². The van der Waals surface area contributed by atoms with E-state index >= 15 is 0 Å². The van der Waals surface area contributed by atoms with Crippen LogP contribution in [0.25, 0.3) is 0 Å². The van der Waals surface area contributed by atoms with Gasteiger partial charge in [0, 0.05) is 21.2 Å². The second kappa shape index (κ2) is 7.14. The molecule has 0 aliphatic rings. The third-order valence-corrected chi connectivity index (χ3v) is 3.92. The molecule has 2 rings (SSSR count). The number of aryl methyl sites for hydroxylation is 2. The molecule has 0 saturated heterocycles. The van der Waals surface area contributed by atoms with Gasteiger partial charge in [0.2, 0.25) is 0 Å². The van der Waals surface area contributed by atoms with E-state index < -0.39 is 0 Å². The zero-order valence-corrected chi connectivity index (χ0v) is 14.7. The molecule has 0 atom stereocenters. The normalized spacial score (nSPS) is 10.4. The third-order valence-electron chi connectivity index (χ3n) is 2.97. The number of hydrogen-bond donors (Lipinski definition) is 1. The maximum Gasteiger partial charge on any atom is 0.120 e. The number of anilines is 1. The molecule has 20 heavy (non-hydrogen) atoms. The van der Waals surface area contributed by atoms with Crippen LogP contribution in [0.3, 0.4) is 0 Å². The molecule has 0 aliphatic carbocycles. The smallest absolute Gasteiger partial charge is 0.120 e. The molecule has 0 aromatic heterocycles. The zero-order valence-electron chi connectivity index (χ0n) is 11.5. The summed E-state index contributed by atoms with van der Waals surface area (Å²) in [4.78, 5) is 0. The third kappa shape index (κ3) is 4.25. The summed E-state index contributed by atoms with van der Waals surface area (Å²) in [5.74, 6) is 0.880. The summed E-state index contributed by atoms with van der Waals surface area (Å²) in [5.41, 5.74) is 3.66. The standard InChI is InChI=1S/C16H17Br2NO/c1-11-8-14(18)9-12(2)16(11)19-6-7-20-15-5-3-4-13(17)10-15/h3-5,8-10,19H,6-7H2,1-2H3. The van der Waals surface area contributed by atoms with Crippen molar-refractivity contribution < 1.29 is 4.74 Å². The Kier molecular flexibility index (Phi) is 5.49. The van der Waals surface area contributed by atoms with Crippen LogP contribution < -0.4 is 10.1 Å². The van der Waals surface area contributed by atoms with E-state index in [2.05, 4.69) is 63.2 Å². The largest absolute Gasteiger partial charge is 0.492 e. The molecule has 4 heteroatoms. The minimum absolute atomic E-state index is 0.630. The van der Waals surface area contributed by atoms with Crippen LogP contribution in [0.4, 0.5) is 5.69 Å². The molecule has 0 bridgehead atoms. The molecule has 106 valence electrons. The fourth-order valence-corrected chi connectivity index (χ4v) is 3.16. The van der Waals surface area contributed by atoms with Crippen LogP contribution in [0.5, 0.6) is 5.75 Å². The predicted molar refractivity (Wildman–Crippen MR) is 91.7 cm³/mol. The van der Waals surface area contributed by atoms with Crippen molar-refractivity contribution in [1.29, 1.82) is 0 Å². The van der Waals surface area contributed by atoms with E-state index in [0.29, 0.717) is 6.61 Å². The number of halogens is 2. The highest BCUT2D eigenvalue weighted by molar-refractivity contribution is 9.10. The van der Waals surface area contributed by atoms with E-state index in [4.69, 9.17) is 4.74 Å². The Labute approximate surface area is 136 Å². The van der Waals surface area contributed by atoms with Crippen LogP contribution in [-0.4, -0.2) is 13.2 Å². The van der Waals surface area contributed by atoms with Gasteiger partial charge in [0.05, 0.1) is 0 Å². The van der Waals surface area contributed by atoms with Gasteiger partial charge in [0.15, 0.2) is 0 Å². The molecule has 0 unspecified atom stereocenters. The van der Waals surface area contributed by atoms with Crippen LogP contribution >= 0.6 is 31.9 Å². The van der Waals surface area contributed by atoms with Crippen molar-refractivity contribution in [1.82, 2.24) is 0 Å². The minimum atomic E-state index is 0.630. The van der Waals surface area contributed by atoms with E-state index in [9.17, 15) is 0 Å². The molecule has 0 saturated carbocycles. The first-order valence-corrected chi connectivity index (χ1v) is 8.04. The van der Waals surface area contributed by atoms with Gasteiger partial charge in [-0.15, -0.1) is 0 Å². The number of benzene rings is 2. The Morgan fingerprint density at radius 1 is 1.00 bits per heavy atom. The summed E-state index contributed by atoms with van der Waals surface area (Å²) in [6, 6.07) is 12.1. The minimum Gasteiger partial charge on any atom is -0.492 e. The van der Waals surface area contributed by atoms with Gasteiger partial charge in [-0.25, -0.2) is 0 Å². The first-order valence-electron chi connectivity index (χ1n) is 6.45. The second-order valence-electron chi connectivity index (χ2n) is 4.65. The van der Waals surface area contributed by atoms with Gasteiger partial charge in [0.1, 0.15) is 12.4 Å². The van der Waals surface area contributed by atoms with Crippen molar-refractivity contribution in [2.75, 3.05) is 18.5 Å². The van der Waals surface area contributed by atoms with Gasteiger partial charge in [-0.2, -0.15) is 0 Å². The van der Waals surface area contributed by atoms with Gasteiger partial charge < -0.3 is 10.1 Å². The van der Waals surface area contributed by atoms with Crippen LogP contribution in [-0.2, 0) is 0 Å². The Balaban J connectivity index is 1.88. The van der Waals surface area contributed by atoms with Gasteiger partial charge in [-0.3, -0.25) is 0 Å². The van der Waals surface area contributed by atoms with Crippen molar-refractivity contribution in [3.05, 3.63) is 56.5 Å². The maximum atomic E-state index is 5.71. The van der Waals surface area contributed by atoms with Crippen LogP contribution in [0.1, 0.15) is 11.1 Å². The fourth-order valence-electron chi connectivity index (χ4n) is 2.09. The summed E-state index contributed by atoms with van der Waals surface area (Å²) in [6.07, 6.45) is 0. The average molecular weight is 399 g/mol. The lowest BCUT2D eigenvalue weighted by Crippen LogP contribution is -2.13. The lowest BCUT2D eigenvalue weighted by molar-refractivity contribution is 0.332. The van der Waals surface area contributed by atoms with Crippen molar-refractivity contribution >= 4 is 37.5 Å². The quantitative estimate of drug-likeness (QED) is 0.688. The Morgan fingerprint density at radius 2 is 1.70 bits per heavy atom. The molecule has 1 N–H and O–H groups in total. The molecule has 0 heterocycles. The molecule has 2 aromatic rings. The molecule has 0 spiro atoms. The summed E-state index contributed by atoms with van der Waals surface area (Å²) >= 11 is 6.94. The summed E-state index contributed by atoms with van der Waals surface area (Å²) < 4.78 is 7.85. The number of ether oxygens (including phenoxy) is 1. The van der Waals surface area contributed by atoms with Crippen molar-refractivity contribution in [2.24, 2.45) is 0 Å². The second-order valence-corrected chi connectivity index (χ2v) is 6.48. The average Bonchev–Trinajstić information content (AvgIpc) is 2.36. The van der Waals surface area contributed by atoms with E-state index in [0.717, 1.165) is 21.2 Å². The maximum absolute atomic E-state index is 5.71. The van der Waals surface area contributed by atoms with Gasteiger partial charge >= 0.3 is 0 Å². The predicted octanol–water partition coefficient (Wildman–Crippen LogP) is 5.32. The van der Waals surface area contributed by atoms with Crippen molar-refractivity contribution in [3.8, 4) is 5.75 Å². The highest BCUT2D eigenvalue weighted by Gasteiger charge is 2.03. The topological polar surface area (TPSA) is 21.3 Å². The summed E-state index contributed by atoms with van der Waals surface area (Å²) in [7, 11) is 0. The molecule has 2 nitrogen and oxygen atoms in total. The first-order chi connectivity index (χ1) is 9.56. The molecular weight excluding hydrogens is 382 g/mol. The van der Waals surface area contributed by atoms with Gasteiger partial charge in [-0.05, 0) is 55.3 Å². The van der Waals surface area contributed by atoms with Crippen LogP contribution in [0.2, 0.25) is 0 Å². The molecule has 0 fully saturated rings. The molecule has 0 radical (unpaired) electrons.